The number of allylic oxidation sites excluding steroid dienone is 2. The number of nitrogens with zero attached hydrogens (tertiary/aromatic N) is 2. The van der Waals surface area contributed by atoms with Crippen LogP contribution in [-0.2, 0) is 0 Å². The molecular weight excluding hydrogens is 925 g/mol. The molecule has 1 aromatic heterocycles. The van der Waals surface area contributed by atoms with E-state index in [1.165, 1.54) is 118 Å². The lowest BCUT2D eigenvalue weighted by molar-refractivity contribution is 0.788. The molecule has 0 saturated heterocycles. The highest BCUT2D eigenvalue weighted by molar-refractivity contribution is 7.27. The largest absolute Gasteiger partial charge is 0.334 e. The third-order valence-electron chi connectivity index (χ3n) is 15.7. The van der Waals surface area contributed by atoms with E-state index in [-0.39, 0.29) is 6.04 Å². The van der Waals surface area contributed by atoms with Crippen molar-refractivity contribution in [1.29, 1.82) is 0 Å². The average Bonchev–Trinajstić information content (AvgIpc) is 3.88. The first-order chi connectivity index (χ1) is 37.2. The number of fused-ring (bicyclic) bond motifs is 14. The highest BCUT2D eigenvalue weighted by Gasteiger charge is 2.24. The summed E-state index contributed by atoms with van der Waals surface area (Å²) in [5, 5.41) is 17.7. The molecule has 0 radical (unpaired) electrons. The van der Waals surface area contributed by atoms with Crippen LogP contribution in [0.15, 0.2) is 273 Å². The molecule has 0 saturated carbocycles. The van der Waals surface area contributed by atoms with Gasteiger partial charge in [-0.05, 0) is 149 Å². The van der Waals surface area contributed by atoms with Crippen LogP contribution in [0.2, 0.25) is 0 Å². The van der Waals surface area contributed by atoms with Crippen LogP contribution >= 0.6 is 11.3 Å². The maximum absolute atomic E-state index is 2.57. The Kier molecular flexibility index (Phi) is 10.2. The van der Waals surface area contributed by atoms with Crippen molar-refractivity contribution >= 4 is 130 Å². The maximum Gasteiger partial charge on any atom is 0.0560 e. The van der Waals surface area contributed by atoms with E-state index in [2.05, 4.69) is 283 Å². The van der Waals surface area contributed by atoms with Crippen molar-refractivity contribution in [2.24, 2.45) is 0 Å². The summed E-state index contributed by atoms with van der Waals surface area (Å²) >= 11 is 1.92. The molecule has 0 spiro atoms. The molecule has 14 aromatic rings. The zero-order valence-corrected chi connectivity index (χ0v) is 41.9. The molecule has 0 amide bonds. The summed E-state index contributed by atoms with van der Waals surface area (Å²) in [4.78, 5) is 5.01. The molecule has 2 nitrogen and oxygen atoms in total. The number of benzene rings is 13. The smallest absolute Gasteiger partial charge is 0.0560 e. The molecule has 3 heteroatoms. The van der Waals surface area contributed by atoms with Crippen LogP contribution in [0.5, 0.6) is 0 Å². The van der Waals surface area contributed by atoms with Gasteiger partial charge in [0.05, 0.1) is 6.04 Å². The third kappa shape index (κ3) is 7.38. The molecular formula is C72H48N2S. The summed E-state index contributed by atoms with van der Waals surface area (Å²) < 4.78 is 2.60. The standard InChI is InChI=1S/C72H48N2S/c1-3-13-47(14-4-1)49-27-33-55(34-28-49)73(57-37-31-53-25-23-51-17-7-9-19-61(51)67(53)43-57)59-39-41-65-69(45-59)63-21-11-12-22-64(63)71-66-42-40-60(46-70(66)75-72(65)71)74(56-35-29-50(30-36-56)48-15-5-2-6-16-48)58-38-32-54-26-24-52-18-8-10-20-62(52)68(54)44-58/h1-35,37-46,56H,36H2. The van der Waals surface area contributed by atoms with Crippen LogP contribution in [0.4, 0.5) is 28.4 Å². The zero-order valence-electron chi connectivity index (χ0n) is 41.1. The predicted molar refractivity (Wildman–Crippen MR) is 325 cm³/mol. The lowest BCUT2D eigenvalue weighted by atomic mass is 9.94. The van der Waals surface area contributed by atoms with Gasteiger partial charge >= 0.3 is 0 Å². The van der Waals surface area contributed by atoms with Gasteiger partial charge in [0.15, 0.2) is 0 Å². The molecule has 1 atom stereocenters. The van der Waals surface area contributed by atoms with Gasteiger partial charge in [0.1, 0.15) is 0 Å². The van der Waals surface area contributed by atoms with E-state index in [9.17, 15) is 0 Å². The highest BCUT2D eigenvalue weighted by Crippen LogP contribution is 2.48. The summed E-state index contributed by atoms with van der Waals surface area (Å²) in [5.74, 6) is 0. The Morgan fingerprint density at radius 2 is 0.813 bits per heavy atom. The monoisotopic (exact) mass is 972 g/mol. The van der Waals surface area contributed by atoms with Gasteiger partial charge in [0.2, 0.25) is 0 Å². The fourth-order valence-corrected chi connectivity index (χ4v) is 13.3. The van der Waals surface area contributed by atoms with Crippen molar-refractivity contribution in [2.75, 3.05) is 9.80 Å². The number of anilines is 5. The first kappa shape index (κ1) is 43.3. The number of rotatable bonds is 8. The van der Waals surface area contributed by atoms with Gasteiger partial charge in [-0.2, -0.15) is 0 Å². The summed E-state index contributed by atoms with van der Waals surface area (Å²) in [6, 6.07) is 94.4. The molecule has 352 valence electrons. The Bertz CT molecular complexity index is 4630. The van der Waals surface area contributed by atoms with E-state index in [0.29, 0.717) is 0 Å². The first-order valence-corrected chi connectivity index (χ1v) is 26.8. The fourth-order valence-electron chi connectivity index (χ4n) is 12.0. The summed E-state index contributed by atoms with van der Waals surface area (Å²) in [7, 11) is 0. The highest BCUT2D eigenvalue weighted by atomic mass is 32.1. The van der Waals surface area contributed by atoms with Crippen molar-refractivity contribution in [2.45, 2.75) is 12.5 Å². The minimum atomic E-state index is 0.121. The topological polar surface area (TPSA) is 6.48 Å². The lowest BCUT2D eigenvalue weighted by Gasteiger charge is -2.33. The molecule has 1 heterocycles. The minimum absolute atomic E-state index is 0.121. The van der Waals surface area contributed by atoms with E-state index in [4.69, 9.17) is 0 Å². The van der Waals surface area contributed by atoms with Crippen LogP contribution < -0.4 is 9.80 Å². The molecule has 75 heavy (non-hydrogen) atoms. The molecule has 1 aliphatic carbocycles. The first-order valence-electron chi connectivity index (χ1n) is 26.0. The van der Waals surface area contributed by atoms with Crippen LogP contribution in [0.3, 0.4) is 0 Å². The SMILES string of the molecule is C1=CC(N(c2ccc3c(c2)sc2c4ccc(N(c5ccc(-c6ccccc6)cc5)c5ccc6ccc7ccccc7c6c5)cc4c4ccccc4c32)c2ccc3ccc4ccccc4c3c2)CC=C1c1ccccc1. The number of hydrogen-bond acceptors (Lipinski definition) is 3. The van der Waals surface area contributed by atoms with Gasteiger partial charge in [0.25, 0.3) is 0 Å². The van der Waals surface area contributed by atoms with E-state index >= 15 is 0 Å². The summed E-state index contributed by atoms with van der Waals surface area (Å²) in [6.07, 6.45) is 8.03. The van der Waals surface area contributed by atoms with Gasteiger partial charge in [0, 0.05) is 54.0 Å². The third-order valence-corrected chi connectivity index (χ3v) is 16.9. The molecule has 0 N–H and O–H groups in total. The van der Waals surface area contributed by atoms with Crippen molar-refractivity contribution in [1.82, 2.24) is 0 Å². The molecule has 0 fully saturated rings. The van der Waals surface area contributed by atoms with Crippen LogP contribution in [0.1, 0.15) is 12.0 Å². The molecule has 1 aliphatic rings. The number of thiophene rings is 1. The van der Waals surface area contributed by atoms with Gasteiger partial charge < -0.3 is 9.80 Å². The van der Waals surface area contributed by atoms with E-state index in [1.54, 1.807) is 0 Å². The average molecular weight is 973 g/mol. The fraction of sp³-hybridized carbons (Fsp3) is 0.0278. The van der Waals surface area contributed by atoms with E-state index < -0.39 is 0 Å². The Morgan fingerprint density at radius 1 is 0.333 bits per heavy atom. The zero-order chi connectivity index (χ0) is 49.4. The normalized spacial score (nSPS) is 13.7. The van der Waals surface area contributed by atoms with Crippen molar-refractivity contribution < 1.29 is 0 Å². The maximum atomic E-state index is 2.57. The van der Waals surface area contributed by atoms with Crippen LogP contribution in [-0.4, -0.2) is 6.04 Å². The predicted octanol–water partition coefficient (Wildman–Crippen LogP) is 20.7. The summed E-state index contributed by atoms with van der Waals surface area (Å²) in [5.41, 5.74) is 10.6. The molecule has 0 aliphatic heterocycles. The minimum Gasteiger partial charge on any atom is -0.334 e. The van der Waals surface area contributed by atoms with Gasteiger partial charge in [-0.3, -0.25) is 0 Å². The Balaban J connectivity index is 0.893. The molecule has 0 bridgehead atoms. The van der Waals surface area contributed by atoms with E-state index in [1.807, 2.05) is 11.3 Å². The Hall–Kier alpha value is -9.28. The van der Waals surface area contributed by atoms with Gasteiger partial charge in [-0.1, -0.05) is 212 Å². The van der Waals surface area contributed by atoms with E-state index in [0.717, 1.165) is 23.5 Å². The van der Waals surface area contributed by atoms with Gasteiger partial charge in [-0.15, -0.1) is 11.3 Å². The lowest BCUT2D eigenvalue weighted by Crippen LogP contribution is -2.30. The Morgan fingerprint density at radius 3 is 1.48 bits per heavy atom. The second kappa shape index (κ2) is 17.7. The van der Waals surface area contributed by atoms with Gasteiger partial charge in [-0.25, -0.2) is 0 Å². The van der Waals surface area contributed by atoms with Crippen LogP contribution in [0.25, 0.3) is 102 Å². The Labute approximate surface area is 439 Å². The molecule has 15 rings (SSSR count). The number of hydrogen-bond donors (Lipinski definition) is 0. The second-order valence-electron chi connectivity index (χ2n) is 20.0. The molecule has 13 aromatic carbocycles. The van der Waals surface area contributed by atoms with Crippen molar-refractivity contribution in [3.05, 3.63) is 279 Å². The second-order valence-corrected chi connectivity index (χ2v) is 21.0. The van der Waals surface area contributed by atoms with Crippen molar-refractivity contribution in [3.63, 3.8) is 0 Å². The molecule has 1 unspecified atom stereocenters. The summed E-state index contributed by atoms with van der Waals surface area (Å²) in [6.45, 7) is 0. The van der Waals surface area contributed by atoms with Crippen molar-refractivity contribution in [3.8, 4) is 11.1 Å². The quantitative estimate of drug-likeness (QED) is 0.140. The van der Waals surface area contributed by atoms with Crippen LogP contribution in [0, 0.1) is 0 Å².